The lowest BCUT2D eigenvalue weighted by Gasteiger charge is -2.32. The van der Waals surface area contributed by atoms with Gasteiger partial charge < -0.3 is 20.5 Å². The molecule has 182 valence electrons. The van der Waals surface area contributed by atoms with Crippen molar-refractivity contribution >= 4 is 18.0 Å². The van der Waals surface area contributed by atoms with Crippen molar-refractivity contribution in [1.29, 1.82) is 0 Å². The number of fused-ring (bicyclic) bond motifs is 3. The number of hydrogen-bond donors (Lipinski definition) is 3. The average molecular weight is 467 g/mol. The molecule has 1 aliphatic carbocycles. The van der Waals surface area contributed by atoms with Gasteiger partial charge in [0.2, 0.25) is 5.91 Å². The number of ether oxygens (including phenoxy) is 1. The maximum Gasteiger partial charge on any atom is 0.407 e. The van der Waals surface area contributed by atoms with E-state index < -0.39 is 35.5 Å². The molecule has 3 N–H and O–H groups in total. The van der Waals surface area contributed by atoms with Gasteiger partial charge in [-0.15, -0.1) is 0 Å². The first kappa shape index (κ1) is 25.3. The molecule has 0 fully saturated rings. The van der Waals surface area contributed by atoms with Crippen LogP contribution in [0.25, 0.3) is 11.1 Å². The van der Waals surface area contributed by atoms with Crippen molar-refractivity contribution in [2.75, 3.05) is 6.61 Å². The van der Waals surface area contributed by atoms with Crippen LogP contribution < -0.4 is 10.6 Å². The monoisotopic (exact) mass is 466 g/mol. The summed E-state index contributed by atoms with van der Waals surface area (Å²) in [6.07, 6.45) is -0.873. The Balaban J connectivity index is 1.69. The molecule has 7 heteroatoms. The highest BCUT2D eigenvalue weighted by atomic mass is 16.5. The van der Waals surface area contributed by atoms with E-state index in [2.05, 4.69) is 22.8 Å². The second-order valence-corrected chi connectivity index (χ2v) is 10.2. The zero-order valence-electron chi connectivity index (χ0n) is 20.4. The van der Waals surface area contributed by atoms with Gasteiger partial charge >= 0.3 is 12.1 Å². The number of carbonyl (C=O) groups excluding carboxylic acids is 2. The molecule has 2 atom stereocenters. The lowest BCUT2D eigenvalue weighted by molar-refractivity contribution is -0.138. The first-order chi connectivity index (χ1) is 16.0. The smallest absolute Gasteiger partial charge is 0.407 e. The molecule has 2 amide bonds. The van der Waals surface area contributed by atoms with Gasteiger partial charge in [0.25, 0.3) is 0 Å². The Labute approximate surface area is 200 Å². The Morgan fingerprint density at radius 2 is 1.47 bits per heavy atom. The summed E-state index contributed by atoms with van der Waals surface area (Å²) >= 11 is 0. The number of hydrogen-bond acceptors (Lipinski definition) is 4. The van der Waals surface area contributed by atoms with Gasteiger partial charge in [-0.3, -0.25) is 9.59 Å². The average Bonchev–Trinajstić information content (AvgIpc) is 3.08. The van der Waals surface area contributed by atoms with E-state index in [4.69, 9.17) is 9.84 Å². The van der Waals surface area contributed by atoms with Gasteiger partial charge in [-0.05, 0) is 33.6 Å². The zero-order chi connectivity index (χ0) is 25.0. The van der Waals surface area contributed by atoms with E-state index in [-0.39, 0.29) is 24.9 Å². The normalized spacial score (nSPS) is 14.6. The van der Waals surface area contributed by atoms with Gasteiger partial charge in [-0.1, -0.05) is 83.1 Å². The topological polar surface area (TPSA) is 105 Å². The first-order valence-corrected chi connectivity index (χ1v) is 11.6. The Hall–Kier alpha value is -3.35. The van der Waals surface area contributed by atoms with Crippen molar-refractivity contribution in [3.63, 3.8) is 0 Å². The molecule has 7 nitrogen and oxygen atoms in total. The van der Waals surface area contributed by atoms with Crippen LogP contribution in [0.5, 0.6) is 0 Å². The number of benzene rings is 2. The summed E-state index contributed by atoms with van der Waals surface area (Å²) in [5, 5.41) is 14.7. The number of amides is 2. The highest BCUT2D eigenvalue weighted by molar-refractivity contribution is 5.87. The Morgan fingerprint density at radius 3 is 1.94 bits per heavy atom. The predicted molar refractivity (Wildman–Crippen MR) is 130 cm³/mol. The second-order valence-electron chi connectivity index (χ2n) is 10.2. The summed E-state index contributed by atoms with van der Waals surface area (Å²) in [6, 6.07) is 14.7. The number of nitrogens with one attached hydrogen (secondary N) is 2. The minimum atomic E-state index is -0.990. The van der Waals surface area contributed by atoms with Crippen LogP contribution in [0.1, 0.15) is 58.1 Å². The van der Waals surface area contributed by atoms with Crippen LogP contribution >= 0.6 is 0 Å². The van der Waals surface area contributed by atoms with Crippen LogP contribution in [0.2, 0.25) is 0 Å². The van der Waals surface area contributed by atoms with Gasteiger partial charge in [-0.2, -0.15) is 0 Å². The molecule has 0 aromatic heterocycles. The van der Waals surface area contributed by atoms with Crippen LogP contribution in [0.3, 0.4) is 0 Å². The first-order valence-electron chi connectivity index (χ1n) is 11.6. The van der Waals surface area contributed by atoms with E-state index in [1.165, 1.54) is 0 Å². The van der Waals surface area contributed by atoms with E-state index in [9.17, 15) is 14.4 Å². The third-order valence-electron chi connectivity index (χ3n) is 6.26. The van der Waals surface area contributed by atoms with E-state index in [0.29, 0.717) is 0 Å². The van der Waals surface area contributed by atoms with E-state index in [0.717, 1.165) is 22.3 Å². The Morgan fingerprint density at radius 1 is 0.941 bits per heavy atom. The van der Waals surface area contributed by atoms with Gasteiger partial charge in [0.05, 0.1) is 6.42 Å². The van der Waals surface area contributed by atoms with E-state index in [1.807, 2.05) is 71.0 Å². The summed E-state index contributed by atoms with van der Waals surface area (Å²) in [5.41, 5.74) is 3.87. The number of aliphatic carboxylic acids is 1. The van der Waals surface area contributed by atoms with Crippen LogP contribution in [0, 0.1) is 11.3 Å². The number of alkyl carbamates (subject to hydrolysis) is 1. The number of carboxylic acids is 1. The molecule has 1 aliphatic rings. The van der Waals surface area contributed by atoms with Crippen molar-refractivity contribution in [1.82, 2.24) is 10.6 Å². The maximum atomic E-state index is 13.0. The van der Waals surface area contributed by atoms with Crippen molar-refractivity contribution in [3.8, 4) is 11.1 Å². The molecule has 0 heterocycles. The molecule has 0 saturated heterocycles. The molecule has 1 unspecified atom stereocenters. The van der Waals surface area contributed by atoms with Crippen molar-refractivity contribution in [2.45, 2.75) is 59.0 Å². The summed E-state index contributed by atoms with van der Waals surface area (Å²) in [4.78, 5) is 37.0. The number of rotatable bonds is 8. The number of carbonyl (C=O) groups is 3. The molecule has 34 heavy (non-hydrogen) atoms. The van der Waals surface area contributed by atoms with E-state index >= 15 is 0 Å². The van der Waals surface area contributed by atoms with Crippen LogP contribution in [-0.2, 0) is 14.3 Å². The SMILES string of the molecule is CC(C)[C@H](CC(=O)O)NC(=O)C(NC(=O)OCC1c2ccccc2-c2ccccc21)C(C)(C)C. The molecule has 0 bridgehead atoms. The Kier molecular flexibility index (Phi) is 7.64. The molecule has 3 rings (SSSR count). The van der Waals surface area contributed by atoms with E-state index in [1.54, 1.807) is 0 Å². The molecule has 2 aromatic rings. The largest absolute Gasteiger partial charge is 0.481 e. The van der Waals surface area contributed by atoms with Crippen molar-refractivity contribution < 1.29 is 24.2 Å². The van der Waals surface area contributed by atoms with Crippen LogP contribution in [0.15, 0.2) is 48.5 Å². The van der Waals surface area contributed by atoms with Crippen molar-refractivity contribution in [3.05, 3.63) is 59.7 Å². The summed E-state index contributed by atoms with van der Waals surface area (Å²) in [5.74, 6) is -1.58. The molecular formula is C27H34N2O5. The minimum absolute atomic E-state index is 0.0740. The molecule has 2 aromatic carbocycles. The molecular weight excluding hydrogens is 432 g/mol. The molecule has 0 radical (unpaired) electrons. The third kappa shape index (κ3) is 5.76. The third-order valence-corrected chi connectivity index (χ3v) is 6.26. The number of carboxylic acid groups (broad SMARTS) is 1. The Bertz CT molecular complexity index is 1010. The standard InChI is InChI=1S/C27H34N2O5/c1-16(2)22(14-23(30)31)28-25(32)24(27(3,4)5)29-26(33)34-15-21-19-12-8-6-10-17(19)18-11-7-9-13-20(18)21/h6-13,16,21-22,24H,14-15H2,1-5H3,(H,28,32)(H,29,33)(H,30,31)/t22-,24?/m0/s1. The van der Waals surface area contributed by atoms with Crippen molar-refractivity contribution in [2.24, 2.45) is 11.3 Å². The fraction of sp³-hybridized carbons (Fsp3) is 0.444. The van der Waals surface area contributed by atoms with Crippen LogP contribution in [0.4, 0.5) is 4.79 Å². The van der Waals surface area contributed by atoms with Gasteiger partial charge in [-0.25, -0.2) is 4.79 Å². The fourth-order valence-electron chi connectivity index (χ4n) is 4.34. The summed E-state index contributed by atoms with van der Waals surface area (Å²) < 4.78 is 5.61. The van der Waals surface area contributed by atoms with Gasteiger partial charge in [0.15, 0.2) is 0 Å². The maximum absolute atomic E-state index is 13.0. The minimum Gasteiger partial charge on any atom is -0.481 e. The quantitative estimate of drug-likeness (QED) is 0.529. The lowest BCUT2D eigenvalue weighted by atomic mass is 9.85. The van der Waals surface area contributed by atoms with Crippen LogP contribution in [-0.4, -0.2) is 41.8 Å². The lowest BCUT2D eigenvalue weighted by Crippen LogP contribution is -2.56. The van der Waals surface area contributed by atoms with Gasteiger partial charge in [0.1, 0.15) is 12.6 Å². The highest BCUT2D eigenvalue weighted by Gasteiger charge is 2.36. The molecule has 0 spiro atoms. The molecule has 0 aliphatic heterocycles. The fourth-order valence-corrected chi connectivity index (χ4v) is 4.34. The summed E-state index contributed by atoms with van der Waals surface area (Å²) in [6.45, 7) is 9.34. The van der Waals surface area contributed by atoms with Gasteiger partial charge in [0, 0.05) is 12.0 Å². The summed E-state index contributed by atoms with van der Waals surface area (Å²) in [7, 11) is 0. The zero-order valence-corrected chi connectivity index (χ0v) is 20.4. The predicted octanol–water partition coefficient (Wildman–Crippen LogP) is 4.56. The highest BCUT2D eigenvalue weighted by Crippen LogP contribution is 2.44. The molecule has 0 saturated carbocycles. The second kappa shape index (κ2) is 10.3.